The fourth-order valence-electron chi connectivity index (χ4n) is 2.71. The number of hydrogen-bond acceptors (Lipinski definition) is 3. The maximum Gasteiger partial charge on any atom is 0.331 e. The Morgan fingerprint density at radius 3 is 2.12 bits per heavy atom. The molecule has 0 heterocycles. The molecule has 0 fully saturated rings. The molecule has 26 heavy (non-hydrogen) atoms. The minimum atomic E-state index is -0.884. The predicted molar refractivity (Wildman–Crippen MR) is 105 cm³/mol. The lowest BCUT2D eigenvalue weighted by Gasteiger charge is -2.16. The second kappa shape index (κ2) is 8.48. The topological polar surface area (TPSA) is 55.4 Å². The van der Waals surface area contributed by atoms with Gasteiger partial charge in [-0.05, 0) is 57.4 Å². The number of esters is 1. The number of rotatable bonds is 5. The molecule has 0 aromatic heterocycles. The summed E-state index contributed by atoms with van der Waals surface area (Å²) >= 11 is 0. The van der Waals surface area contributed by atoms with Crippen LogP contribution in [0.2, 0.25) is 0 Å². The first-order valence-corrected chi connectivity index (χ1v) is 8.60. The van der Waals surface area contributed by atoms with Gasteiger partial charge >= 0.3 is 5.97 Å². The van der Waals surface area contributed by atoms with Crippen molar-refractivity contribution in [1.29, 1.82) is 0 Å². The molecule has 4 nitrogen and oxygen atoms in total. The molecule has 2 rings (SSSR count). The van der Waals surface area contributed by atoms with Crippen LogP contribution in [0.3, 0.4) is 0 Å². The van der Waals surface area contributed by atoms with Gasteiger partial charge in [0.2, 0.25) is 0 Å². The number of nitrogens with one attached hydrogen (secondary N) is 1. The number of benzene rings is 2. The number of anilines is 1. The van der Waals surface area contributed by atoms with E-state index in [1.54, 1.807) is 13.0 Å². The Kier molecular flexibility index (Phi) is 6.34. The van der Waals surface area contributed by atoms with E-state index in [9.17, 15) is 9.59 Å². The number of carbonyl (C=O) groups is 2. The fraction of sp³-hybridized carbons (Fsp3) is 0.273. The summed E-state index contributed by atoms with van der Waals surface area (Å²) in [5, 5.41) is 2.85. The molecule has 0 saturated carbocycles. The Bertz CT molecular complexity index is 812. The number of amides is 1. The van der Waals surface area contributed by atoms with Crippen LogP contribution in [0.5, 0.6) is 0 Å². The van der Waals surface area contributed by atoms with E-state index in [0.29, 0.717) is 0 Å². The molecule has 4 heteroatoms. The van der Waals surface area contributed by atoms with Crippen LogP contribution in [0.15, 0.2) is 42.5 Å². The van der Waals surface area contributed by atoms with Crippen LogP contribution in [-0.2, 0) is 14.3 Å². The molecule has 0 bridgehead atoms. The highest BCUT2D eigenvalue weighted by atomic mass is 16.5. The molecular weight excluding hydrogens is 326 g/mol. The smallest absolute Gasteiger partial charge is 0.331 e. The van der Waals surface area contributed by atoms with E-state index in [1.165, 1.54) is 6.08 Å². The zero-order valence-corrected chi connectivity index (χ0v) is 15.9. The quantitative estimate of drug-likeness (QED) is 0.637. The average molecular weight is 351 g/mol. The second-order valence-electron chi connectivity index (χ2n) is 6.59. The highest BCUT2D eigenvalue weighted by Gasteiger charge is 2.18. The van der Waals surface area contributed by atoms with Crippen LogP contribution in [0.1, 0.15) is 34.7 Å². The molecule has 1 atom stereocenters. The van der Waals surface area contributed by atoms with Gasteiger partial charge in [-0.3, -0.25) is 4.79 Å². The first-order chi connectivity index (χ1) is 12.3. The SMILES string of the molecule is Cc1ccc(/C=C/C(=O)O[C@@H](C)C(=O)Nc2c(C)cc(C)cc2C)cc1. The van der Waals surface area contributed by atoms with Crippen molar-refractivity contribution in [3.63, 3.8) is 0 Å². The van der Waals surface area contributed by atoms with Gasteiger partial charge in [0.1, 0.15) is 0 Å². The lowest BCUT2D eigenvalue weighted by Crippen LogP contribution is -2.30. The largest absolute Gasteiger partial charge is 0.449 e. The number of carbonyl (C=O) groups excluding carboxylic acids is 2. The molecule has 2 aromatic carbocycles. The molecule has 0 aliphatic rings. The summed E-state index contributed by atoms with van der Waals surface area (Å²) in [5.41, 5.74) is 5.91. The maximum absolute atomic E-state index is 12.3. The molecule has 0 unspecified atom stereocenters. The Morgan fingerprint density at radius 2 is 1.54 bits per heavy atom. The van der Waals surface area contributed by atoms with Crippen molar-refractivity contribution in [3.8, 4) is 0 Å². The third kappa shape index (κ3) is 5.31. The molecule has 136 valence electrons. The minimum absolute atomic E-state index is 0.350. The normalized spacial score (nSPS) is 12.0. The van der Waals surface area contributed by atoms with Crippen LogP contribution in [0, 0.1) is 27.7 Å². The molecule has 2 aromatic rings. The van der Waals surface area contributed by atoms with Crippen LogP contribution >= 0.6 is 0 Å². The first-order valence-electron chi connectivity index (χ1n) is 8.60. The first kappa shape index (κ1) is 19.4. The predicted octanol–water partition coefficient (Wildman–Crippen LogP) is 4.50. The van der Waals surface area contributed by atoms with Crippen LogP contribution in [0.25, 0.3) is 6.08 Å². The van der Waals surface area contributed by atoms with Crippen molar-refractivity contribution < 1.29 is 14.3 Å². The molecule has 1 amide bonds. The lowest BCUT2D eigenvalue weighted by atomic mass is 10.0. The Hall–Kier alpha value is -2.88. The highest BCUT2D eigenvalue weighted by molar-refractivity contribution is 5.97. The van der Waals surface area contributed by atoms with E-state index in [2.05, 4.69) is 5.32 Å². The monoisotopic (exact) mass is 351 g/mol. The average Bonchev–Trinajstić information content (AvgIpc) is 2.57. The van der Waals surface area contributed by atoms with Gasteiger partial charge in [0.05, 0.1) is 0 Å². The van der Waals surface area contributed by atoms with Gasteiger partial charge in [-0.2, -0.15) is 0 Å². The summed E-state index contributed by atoms with van der Waals surface area (Å²) in [7, 11) is 0. The van der Waals surface area contributed by atoms with E-state index in [1.807, 2.05) is 64.1 Å². The zero-order valence-electron chi connectivity index (χ0n) is 15.9. The third-order valence-electron chi connectivity index (χ3n) is 4.08. The van der Waals surface area contributed by atoms with E-state index < -0.39 is 12.1 Å². The second-order valence-corrected chi connectivity index (χ2v) is 6.59. The Balaban J connectivity index is 1.96. The van der Waals surface area contributed by atoms with E-state index >= 15 is 0 Å². The van der Waals surface area contributed by atoms with Crippen molar-refractivity contribution in [2.24, 2.45) is 0 Å². The molecule has 0 radical (unpaired) electrons. The number of hydrogen-bond donors (Lipinski definition) is 1. The maximum atomic E-state index is 12.3. The third-order valence-corrected chi connectivity index (χ3v) is 4.08. The molecular formula is C22H25NO3. The summed E-state index contributed by atoms with van der Waals surface area (Å²) in [6.07, 6.45) is 2.11. The van der Waals surface area contributed by atoms with Crippen molar-refractivity contribution in [1.82, 2.24) is 0 Å². The van der Waals surface area contributed by atoms with Crippen molar-refractivity contribution in [2.75, 3.05) is 5.32 Å². The highest BCUT2D eigenvalue weighted by Crippen LogP contribution is 2.22. The van der Waals surface area contributed by atoms with Gasteiger partial charge < -0.3 is 10.1 Å². The van der Waals surface area contributed by atoms with Gasteiger partial charge in [0.15, 0.2) is 6.10 Å². The minimum Gasteiger partial charge on any atom is -0.449 e. The van der Waals surface area contributed by atoms with Crippen molar-refractivity contribution in [2.45, 2.75) is 40.7 Å². The summed E-state index contributed by atoms with van der Waals surface area (Å²) in [6.45, 7) is 9.45. The summed E-state index contributed by atoms with van der Waals surface area (Å²) in [4.78, 5) is 24.3. The van der Waals surface area contributed by atoms with E-state index in [4.69, 9.17) is 4.74 Å². The number of aryl methyl sites for hydroxylation is 4. The standard InChI is InChI=1S/C22H25NO3/c1-14-6-8-19(9-7-14)10-11-20(24)26-18(5)22(25)23-21-16(3)12-15(2)13-17(21)4/h6-13,18H,1-5H3,(H,23,25)/b11-10+/t18-/m0/s1. The van der Waals surface area contributed by atoms with E-state index in [-0.39, 0.29) is 5.91 Å². The number of ether oxygens (including phenoxy) is 1. The van der Waals surface area contributed by atoms with Gasteiger partial charge in [-0.15, -0.1) is 0 Å². The molecule has 0 aliphatic carbocycles. The molecule has 0 saturated heterocycles. The van der Waals surface area contributed by atoms with Crippen molar-refractivity contribution in [3.05, 3.63) is 70.3 Å². The summed E-state index contributed by atoms with van der Waals surface area (Å²) in [6, 6.07) is 11.8. The van der Waals surface area contributed by atoms with Gasteiger partial charge in [-0.1, -0.05) is 47.5 Å². The Labute approximate surface area is 154 Å². The zero-order chi connectivity index (χ0) is 19.3. The molecule has 1 N–H and O–H groups in total. The van der Waals surface area contributed by atoms with Crippen molar-refractivity contribution >= 4 is 23.6 Å². The molecule has 0 aliphatic heterocycles. The summed E-state index contributed by atoms with van der Waals surface area (Å²) in [5.74, 6) is -0.900. The van der Waals surface area contributed by atoms with Crippen LogP contribution in [-0.4, -0.2) is 18.0 Å². The van der Waals surface area contributed by atoms with Gasteiger partial charge in [-0.25, -0.2) is 4.79 Å². The summed E-state index contributed by atoms with van der Waals surface area (Å²) < 4.78 is 5.20. The lowest BCUT2D eigenvalue weighted by molar-refractivity contribution is -0.148. The Morgan fingerprint density at radius 1 is 0.962 bits per heavy atom. The van der Waals surface area contributed by atoms with Crippen LogP contribution in [0.4, 0.5) is 5.69 Å². The van der Waals surface area contributed by atoms with Gasteiger partial charge in [0, 0.05) is 11.8 Å². The van der Waals surface area contributed by atoms with E-state index in [0.717, 1.165) is 33.5 Å². The van der Waals surface area contributed by atoms with Gasteiger partial charge in [0.25, 0.3) is 5.91 Å². The fourth-order valence-corrected chi connectivity index (χ4v) is 2.71. The van der Waals surface area contributed by atoms with Crippen LogP contribution < -0.4 is 5.32 Å². The molecule has 0 spiro atoms.